The van der Waals surface area contributed by atoms with E-state index in [1.54, 1.807) is 9.80 Å². The summed E-state index contributed by atoms with van der Waals surface area (Å²) in [6.07, 6.45) is 1.97. The van der Waals surface area contributed by atoms with Crippen LogP contribution in [-0.2, 0) is 19.1 Å². The fraction of sp³-hybridized carbons (Fsp3) is 0.789. The van der Waals surface area contributed by atoms with Crippen molar-refractivity contribution >= 4 is 23.8 Å². The van der Waals surface area contributed by atoms with E-state index in [1.165, 1.54) is 0 Å². The number of carbonyl (C=O) groups is 4. The van der Waals surface area contributed by atoms with Crippen LogP contribution in [0.4, 0.5) is 4.79 Å². The second-order valence-corrected chi connectivity index (χ2v) is 8.72. The molecule has 0 aromatic carbocycles. The molecule has 28 heavy (non-hydrogen) atoms. The summed E-state index contributed by atoms with van der Waals surface area (Å²) in [7, 11) is 0. The van der Waals surface area contributed by atoms with E-state index in [0.717, 1.165) is 12.8 Å². The van der Waals surface area contributed by atoms with Crippen LogP contribution in [0.25, 0.3) is 0 Å². The number of likely N-dealkylation sites (tertiary alicyclic amines) is 1. The SMILES string of the molecule is CC(C)(C)OC(=O)N1CCC(N2CCN(C3CCC(=O)NC3=O)C(=O)C2)CC1. The first kappa shape index (κ1) is 20.6. The number of rotatable bonds is 2. The molecule has 4 amide bonds. The van der Waals surface area contributed by atoms with Gasteiger partial charge in [0.2, 0.25) is 17.7 Å². The van der Waals surface area contributed by atoms with Gasteiger partial charge >= 0.3 is 6.09 Å². The molecular weight excluding hydrogens is 364 g/mol. The molecule has 156 valence electrons. The fourth-order valence-corrected chi connectivity index (χ4v) is 4.07. The highest BCUT2D eigenvalue weighted by molar-refractivity contribution is 6.01. The van der Waals surface area contributed by atoms with Crippen LogP contribution in [0.1, 0.15) is 46.5 Å². The monoisotopic (exact) mass is 394 g/mol. The molecular formula is C19H30N4O5. The number of amides is 4. The molecule has 1 unspecified atom stereocenters. The van der Waals surface area contributed by atoms with Crippen molar-refractivity contribution < 1.29 is 23.9 Å². The molecule has 0 aromatic heterocycles. The molecule has 3 heterocycles. The number of piperazine rings is 1. The summed E-state index contributed by atoms with van der Waals surface area (Å²) < 4.78 is 5.42. The van der Waals surface area contributed by atoms with E-state index in [1.807, 2.05) is 20.8 Å². The number of ether oxygens (including phenoxy) is 1. The van der Waals surface area contributed by atoms with E-state index in [4.69, 9.17) is 4.74 Å². The highest BCUT2D eigenvalue weighted by Crippen LogP contribution is 2.22. The van der Waals surface area contributed by atoms with Crippen molar-refractivity contribution in [2.75, 3.05) is 32.7 Å². The van der Waals surface area contributed by atoms with Gasteiger partial charge < -0.3 is 14.5 Å². The number of nitrogens with zero attached hydrogens (tertiary/aromatic N) is 3. The minimum Gasteiger partial charge on any atom is -0.444 e. The topological polar surface area (TPSA) is 99.3 Å². The third kappa shape index (κ3) is 4.81. The highest BCUT2D eigenvalue weighted by atomic mass is 16.6. The van der Waals surface area contributed by atoms with Gasteiger partial charge in [-0.25, -0.2) is 4.79 Å². The second kappa shape index (κ2) is 8.06. The van der Waals surface area contributed by atoms with Gasteiger partial charge in [0.15, 0.2) is 0 Å². The minimum absolute atomic E-state index is 0.0738. The number of piperidine rings is 2. The largest absolute Gasteiger partial charge is 0.444 e. The number of carbonyl (C=O) groups excluding carboxylic acids is 4. The number of hydrogen-bond acceptors (Lipinski definition) is 6. The predicted molar refractivity (Wildman–Crippen MR) is 100 cm³/mol. The van der Waals surface area contributed by atoms with Crippen LogP contribution in [0.2, 0.25) is 0 Å². The average molecular weight is 394 g/mol. The number of hydrogen-bond donors (Lipinski definition) is 1. The van der Waals surface area contributed by atoms with Crippen LogP contribution in [0.5, 0.6) is 0 Å². The Kier molecular flexibility index (Phi) is 5.92. The number of imide groups is 1. The molecule has 0 aromatic rings. The Morgan fingerprint density at radius 2 is 1.71 bits per heavy atom. The maximum atomic E-state index is 12.6. The van der Waals surface area contributed by atoms with Crippen molar-refractivity contribution in [3.8, 4) is 0 Å². The smallest absolute Gasteiger partial charge is 0.410 e. The molecule has 0 radical (unpaired) electrons. The van der Waals surface area contributed by atoms with Crippen LogP contribution in [0.15, 0.2) is 0 Å². The molecule has 0 bridgehead atoms. The summed E-state index contributed by atoms with van der Waals surface area (Å²) in [4.78, 5) is 53.7. The normalized spacial score (nSPS) is 25.7. The van der Waals surface area contributed by atoms with Gasteiger partial charge in [0.25, 0.3) is 0 Å². The standard InChI is InChI=1S/C19H30N4O5/c1-19(2,3)28-18(27)21-8-6-13(7-9-21)22-10-11-23(16(25)12-22)14-4-5-15(24)20-17(14)26/h13-14H,4-12H2,1-3H3,(H,20,24,26). The Morgan fingerprint density at radius 3 is 2.29 bits per heavy atom. The molecule has 1 atom stereocenters. The Hall–Kier alpha value is -2.16. The Morgan fingerprint density at radius 1 is 1.04 bits per heavy atom. The Bertz CT molecular complexity index is 651. The van der Waals surface area contributed by atoms with E-state index in [-0.39, 0.29) is 42.8 Å². The number of nitrogens with one attached hydrogen (secondary N) is 1. The van der Waals surface area contributed by atoms with E-state index < -0.39 is 11.6 Å². The summed E-state index contributed by atoms with van der Waals surface area (Å²) in [5.41, 5.74) is -0.507. The summed E-state index contributed by atoms with van der Waals surface area (Å²) in [6.45, 7) is 8.23. The zero-order valence-corrected chi connectivity index (χ0v) is 16.9. The van der Waals surface area contributed by atoms with E-state index in [0.29, 0.717) is 32.6 Å². The summed E-state index contributed by atoms with van der Waals surface area (Å²) in [5.74, 6) is -0.719. The zero-order valence-electron chi connectivity index (χ0n) is 16.9. The van der Waals surface area contributed by atoms with Crippen molar-refractivity contribution in [2.24, 2.45) is 0 Å². The first-order valence-corrected chi connectivity index (χ1v) is 9.99. The molecule has 3 rings (SSSR count). The molecule has 3 fully saturated rings. The van der Waals surface area contributed by atoms with E-state index in [9.17, 15) is 19.2 Å². The highest BCUT2D eigenvalue weighted by Gasteiger charge is 2.39. The minimum atomic E-state index is -0.540. The first-order chi connectivity index (χ1) is 13.1. The summed E-state index contributed by atoms with van der Waals surface area (Å²) in [5, 5.41) is 2.32. The first-order valence-electron chi connectivity index (χ1n) is 9.99. The lowest BCUT2D eigenvalue weighted by atomic mass is 10.0. The van der Waals surface area contributed by atoms with Crippen molar-refractivity contribution in [1.29, 1.82) is 0 Å². The van der Waals surface area contributed by atoms with Crippen molar-refractivity contribution in [1.82, 2.24) is 20.0 Å². The zero-order chi connectivity index (χ0) is 20.5. The quantitative estimate of drug-likeness (QED) is 0.678. The Balaban J connectivity index is 1.49. The van der Waals surface area contributed by atoms with Crippen molar-refractivity contribution in [3.63, 3.8) is 0 Å². The van der Waals surface area contributed by atoms with Gasteiger partial charge in [-0.2, -0.15) is 0 Å². The maximum absolute atomic E-state index is 12.6. The lowest BCUT2D eigenvalue weighted by Gasteiger charge is -2.44. The average Bonchev–Trinajstić information content (AvgIpc) is 2.61. The molecule has 3 aliphatic heterocycles. The van der Waals surface area contributed by atoms with E-state index >= 15 is 0 Å². The van der Waals surface area contributed by atoms with E-state index in [2.05, 4.69) is 10.2 Å². The van der Waals surface area contributed by atoms with Crippen molar-refractivity contribution in [2.45, 2.75) is 64.1 Å². The van der Waals surface area contributed by atoms with Crippen LogP contribution < -0.4 is 5.32 Å². The van der Waals surface area contributed by atoms with Gasteiger partial charge in [0.1, 0.15) is 11.6 Å². The van der Waals surface area contributed by atoms with Crippen LogP contribution in [0.3, 0.4) is 0 Å². The van der Waals surface area contributed by atoms with Crippen LogP contribution in [-0.4, -0.2) is 88.9 Å². The van der Waals surface area contributed by atoms with Crippen LogP contribution >= 0.6 is 0 Å². The van der Waals surface area contributed by atoms with Crippen molar-refractivity contribution in [3.05, 3.63) is 0 Å². The van der Waals surface area contributed by atoms with Crippen LogP contribution in [0, 0.1) is 0 Å². The molecule has 0 saturated carbocycles. The lowest BCUT2D eigenvalue weighted by Crippen LogP contribution is -2.62. The third-order valence-corrected chi connectivity index (χ3v) is 5.51. The summed E-state index contributed by atoms with van der Waals surface area (Å²) >= 11 is 0. The van der Waals surface area contributed by atoms with Gasteiger partial charge in [0, 0.05) is 38.6 Å². The van der Waals surface area contributed by atoms with Gasteiger partial charge in [-0.15, -0.1) is 0 Å². The molecule has 1 N–H and O–H groups in total. The van der Waals surface area contributed by atoms with Gasteiger partial charge in [0.05, 0.1) is 6.54 Å². The molecule has 9 nitrogen and oxygen atoms in total. The van der Waals surface area contributed by atoms with Gasteiger partial charge in [-0.1, -0.05) is 0 Å². The third-order valence-electron chi connectivity index (χ3n) is 5.51. The van der Waals surface area contributed by atoms with Gasteiger partial charge in [-0.3, -0.25) is 24.6 Å². The molecule has 9 heteroatoms. The summed E-state index contributed by atoms with van der Waals surface area (Å²) in [6, 6.07) is -0.298. The Labute approximate surface area is 165 Å². The molecule has 3 aliphatic rings. The molecule has 0 aliphatic carbocycles. The maximum Gasteiger partial charge on any atom is 0.410 e. The lowest BCUT2D eigenvalue weighted by molar-refractivity contribution is -0.150. The van der Waals surface area contributed by atoms with Gasteiger partial charge in [-0.05, 0) is 40.0 Å². The molecule has 0 spiro atoms. The second-order valence-electron chi connectivity index (χ2n) is 8.72. The molecule has 3 saturated heterocycles. The predicted octanol–water partition coefficient (Wildman–Crippen LogP) is 0.335. The fourth-order valence-electron chi connectivity index (χ4n) is 4.07.